The molecule has 1 N–H and O–H groups in total. The summed E-state index contributed by atoms with van der Waals surface area (Å²) in [4.78, 5) is 0. The summed E-state index contributed by atoms with van der Waals surface area (Å²) in [6.45, 7) is 3.73. The first-order chi connectivity index (χ1) is 9.69. The van der Waals surface area contributed by atoms with Crippen molar-refractivity contribution in [3.8, 4) is 5.75 Å². The molecule has 2 nitrogen and oxygen atoms in total. The van der Waals surface area contributed by atoms with Crippen molar-refractivity contribution >= 4 is 34.5 Å². The molecule has 0 fully saturated rings. The van der Waals surface area contributed by atoms with E-state index in [1.54, 1.807) is 0 Å². The van der Waals surface area contributed by atoms with Gasteiger partial charge in [-0.15, -0.1) is 11.3 Å². The van der Waals surface area contributed by atoms with Crippen molar-refractivity contribution in [3.05, 3.63) is 49.6 Å². The number of nitrogens with one attached hydrogen (secondary N) is 1. The maximum atomic E-state index is 6.31. The lowest BCUT2D eigenvalue weighted by molar-refractivity contribution is 0.357. The Balaban J connectivity index is 2.00. The van der Waals surface area contributed by atoms with Gasteiger partial charge in [-0.25, -0.2) is 0 Å². The minimum Gasteiger partial charge on any atom is -0.493 e. The lowest BCUT2D eigenvalue weighted by Gasteiger charge is -2.18. The van der Waals surface area contributed by atoms with Crippen molar-refractivity contribution in [2.45, 2.75) is 19.4 Å². The van der Waals surface area contributed by atoms with E-state index in [1.807, 2.05) is 12.1 Å². The summed E-state index contributed by atoms with van der Waals surface area (Å²) in [6.07, 6.45) is 0.972. The zero-order chi connectivity index (χ0) is 14.1. The molecule has 2 heterocycles. The van der Waals surface area contributed by atoms with E-state index in [-0.39, 0.29) is 6.04 Å². The van der Waals surface area contributed by atoms with Gasteiger partial charge >= 0.3 is 0 Å². The first-order valence-electron chi connectivity index (χ1n) is 6.62. The second-order valence-electron chi connectivity index (χ2n) is 4.74. The van der Waals surface area contributed by atoms with Crippen molar-refractivity contribution in [2.75, 3.05) is 13.2 Å². The lowest BCUT2D eigenvalue weighted by atomic mass is 9.98. The fourth-order valence-corrected chi connectivity index (χ4v) is 4.08. The predicted octanol–water partition coefficient (Wildman–Crippen LogP) is 4.69. The van der Waals surface area contributed by atoms with Gasteiger partial charge < -0.3 is 10.1 Å². The molecule has 20 heavy (non-hydrogen) atoms. The van der Waals surface area contributed by atoms with E-state index < -0.39 is 0 Å². The van der Waals surface area contributed by atoms with Gasteiger partial charge in [-0.2, -0.15) is 0 Å². The van der Waals surface area contributed by atoms with E-state index in [9.17, 15) is 0 Å². The molecule has 0 amide bonds. The summed E-state index contributed by atoms with van der Waals surface area (Å²) in [6, 6.07) is 8.37. The number of rotatable bonds is 4. The van der Waals surface area contributed by atoms with Gasteiger partial charge in [0, 0.05) is 12.0 Å². The maximum Gasteiger partial charge on any atom is 0.122 e. The Morgan fingerprint density at radius 1 is 1.35 bits per heavy atom. The molecular weight excluding hydrogens is 313 g/mol. The molecule has 0 saturated carbocycles. The normalized spacial score (nSPS) is 14.9. The summed E-state index contributed by atoms with van der Waals surface area (Å²) in [5.74, 6) is 0.999. The number of benzene rings is 1. The van der Waals surface area contributed by atoms with Crippen LogP contribution in [0.2, 0.25) is 8.67 Å². The highest BCUT2D eigenvalue weighted by Crippen LogP contribution is 2.38. The van der Waals surface area contributed by atoms with Crippen LogP contribution in [0.5, 0.6) is 5.75 Å². The van der Waals surface area contributed by atoms with Crippen LogP contribution in [0.1, 0.15) is 29.7 Å². The molecule has 5 heteroatoms. The van der Waals surface area contributed by atoms with Crippen LogP contribution >= 0.6 is 34.5 Å². The Kier molecular flexibility index (Phi) is 4.22. The van der Waals surface area contributed by atoms with E-state index in [0.29, 0.717) is 0 Å². The van der Waals surface area contributed by atoms with Crippen LogP contribution in [0, 0.1) is 0 Å². The first-order valence-corrected chi connectivity index (χ1v) is 8.20. The number of hydrogen-bond donors (Lipinski definition) is 1. The third-order valence-electron chi connectivity index (χ3n) is 3.45. The lowest BCUT2D eigenvalue weighted by Crippen LogP contribution is -2.21. The fraction of sp³-hybridized carbons (Fsp3) is 0.333. The molecule has 2 aromatic rings. The Morgan fingerprint density at radius 2 is 2.20 bits per heavy atom. The summed E-state index contributed by atoms with van der Waals surface area (Å²) in [5, 5.41) is 3.48. The molecule has 0 saturated heterocycles. The highest BCUT2D eigenvalue weighted by molar-refractivity contribution is 7.20. The van der Waals surface area contributed by atoms with Crippen LogP contribution in [0.3, 0.4) is 0 Å². The predicted molar refractivity (Wildman–Crippen MR) is 85.5 cm³/mol. The van der Waals surface area contributed by atoms with Crippen LogP contribution < -0.4 is 10.1 Å². The Morgan fingerprint density at radius 3 is 2.90 bits per heavy atom. The molecule has 1 aromatic heterocycles. The highest BCUT2D eigenvalue weighted by atomic mass is 35.5. The minimum atomic E-state index is 0.0714. The number of hydrogen-bond acceptors (Lipinski definition) is 3. The molecule has 0 radical (unpaired) electrons. The Hall–Kier alpha value is -0.740. The summed E-state index contributed by atoms with van der Waals surface area (Å²) >= 11 is 13.8. The summed E-state index contributed by atoms with van der Waals surface area (Å²) in [7, 11) is 0. The minimum absolute atomic E-state index is 0.0714. The molecule has 3 rings (SSSR count). The number of fused-ring (bicyclic) bond motifs is 1. The van der Waals surface area contributed by atoms with Crippen LogP contribution in [0.15, 0.2) is 24.3 Å². The number of ether oxygens (including phenoxy) is 1. The number of thiophene rings is 1. The quantitative estimate of drug-likeness (QED) is 0.879. The number of halogens is 2. The molecule has 0 bridgehead atoms. The van der Waals surface area contributed by atoms with Gasteiger partial charge in [0.1, 0.15) is 5.75 Å². The molecule has 1 aliphatic rings. The monoisotopic (exact) mass is 327 g/mol. The second kappa shape index (κ2) is 5.94. The van der Waals surface area contributed by atoms with Gasteiger partial charge in [0.2, 0.25) is 0 Å². The SMILES string of the molecule is CCNC(c1ccc2c(c1)CCO2)c1cc(Cl)sc1Cl. The largest absolute Gasteiger partial charge is 0.493 e. The Labute approximate surface area is 132 Å². The van der Waals surface area contributed by atoms with Crippen LogP contribution in [0.4, 0.5) is 0 Å². The highest BCUT2D eigenvalue weighted by Gasteiger charge is 2.21. The van der Waals surface area contributed by atoms with Crippen LogP contribution in [-0.2, 0) is 6.42 Å². The van der Waals surface area contributed by atoms with Gasteiger partial charge in [-0.05, 0) is 29.8 Å². The molecule has 1 atom stereocenters. The van der Waals surface area contributed by atoms with Crippen molar-refractivity contribution < 1.29 is 4.74 Å². The summed E-state index contributed by atoms with van der Waals surface area (Å²) < 4.78 is 7.03. The molecule has 0 aliphatic carbocycles. The van der Waals surface area contributed by atoms with Crippen molar-refractivity contribution in [1.82, 2.24) is 5.32 Å². The zero-order valence-electron chi connectivity index (χ0n) is 11.1. The third kappa shape index (κ3) is 2.68. The average molecular weight is 328 g/mol. The van der Waals surface area contributed by atoms with Crippen LogP contribution in [-0.4, -0.2) is 13.2 Å². The molecule has 106 valence electrons. The van der Waals surface area contributed by atoms with E-state index in [4.69, 9.17) is 27.9 Å². The van der Waals surface area contributed by atoms with Crippen molar-refractivity contribution in [3.63, 3.8) is 0 Å². The smallest absolute Gasteiger partial charge is 0.122 e. The fourth-order valence-electron chi connectivity index (χ4n) is 2.55. The Bertz CT molecular complexity index is 626. The van der Waals surface area contributed by atoms with E-state index in [2.05, 4.69) is 24.4 Å². The van der Waals surface area contributed by atoms with E-state index in [0.717, 1.165) is 39.6 Å². The molecule has 0 spiro atoms. The van der Waals surface area contributed by atoms with Gasteiger partial charge in [-0.3, -0.25) is 0 Å². The topological polar surface area (TPSA) is 21.3 Å². The van der Waals surface area contributed by atoms with Crippen molar-refractivity contribution in [2.24, 2.45) is 0 Å². The molecule has 1 aromatic carbocycles. The maximum absolute atomic E-state index is 6.31. The van der Waals surface area contributed by atoms with E-state index in [1.165, 1.54) is 22.5 Å². The van der Waals surface area contributed by atoms with Gasteiger partial charge in [-0.1, -0.05) is 42.3 Å². The van der Waals surface area contributed by atoms with Crippen LogP contribution in [0.25, 0.3) is 0 Å². The third-order valence-corrected chi connectivity index (χ3v) is 4.97. The molecule has 1 aliphatic heterocycles. The second-order valence-corrected chi connectivity index (χ2v) is 7.02. The first kappa shape index (κ1) is 14.2. The average Bonchev–Trinajstić information content (AvgIpc) is 3.01. The molecular formula is C15H15Cl2NOS. The van der Waals surface area contributed by atoms with E-state index >= 15 is 0 Å². The van der Waals surface area contributed by atoms with Gasteiger partial charge in [0.25, 0.3) is 0 Å². The van der Waals surface area contributed by atoms with Gasteiger partial charge in [0.05, 0.1) is 21.3 Å². The summed E-state index contributed by atoms with van der Waals surface area (Å²) in [5.41, 5.74) is 3.51. The molecule has 1 unspecified atom stereocenters. The zero-order valence-corrected chi connectivity index (χ0v) is 13.4. The standard InChI is InChI=1S/C15H15Cl2NOS/c1-2-18-14(11-8-13(16)20-15(11)17)10-3-4-12-9(7-10)5-6-19-12/h3-4,7-8,14,18H,2,5-6H2,1H3. The van der Waals surface area contributed by atoms with Crippen molar-refractivity contribution in [1.29, 1.82) is 0 Å². The van der Waals surface area contributed by atoms with Gasteiger partial charge in [0.15, 0.2) is 0 Å².